The number of nitrogens with one attached hydrogen (secondary N) is 1. The number of hydrogen-bond acceptors (Lipinski definition) is 4. The Balaban J connectivity index is 1.25. The van der Waals surface area contributed by atoms with E-state index in [1.165, 1.54) is 22.5 Å². The molecule has 5 heteroatoms. The zero-order chi connectivity index (χ0) is 21.0. The van der Waals surface area contributed by atoms with Gasteiger partial charge in [0.05, 0.1) is 5.69 Å². The zero-order valence-electron chi connectivity index (χ0n) is 16.7. The summed E-state index contributed by atoms with van der Waals surface area (Å²) in [5.74, 6) is 0.720. The van der Waals surface area contributed by atoms with Gasteiger partial charge in [-0.05, 0) is 41.8 Å². The van der Waals surface area contributed by atoms with Crippen LogP contribution in [-0.4, -0.2) is 17.5 Å². The second-order valence-corrected chi connectivity index (χ2v) is 8.21. The Morgan fingerprint density at radius 2 is 1.68 bits per heavy atom. The van der Waals surface area contributed by atoms with Crippen molar-refractivity contribution >= 4 is 34.0 Å². The van der Waals surface area contributed by atoms with E-state index in [4.69, 9.17) is 4.74 Å². The van der Waals surface area contributed by atoms with Gasteiger partial charge in [-0.25, -0.2) is 4.98 Å². The molecule has 1 aliphatic heterocycles. The third-order valence-corrected chi connectivity index (χ3v) is 5.91. The van der Waals surface area contributed by atoms with Crippen LogP contribution in [0.15, 0.2) is 84.2 Å². The standard InChI is InChI=1S/C26H20N2O2S/c29-25(20-12-10-19(11-13-20)14-18-6-2-1-3-7-18)28-26-27-23(17-31-26)22-15-21-8-4-5-9-24(21)30-16-22/h1-13,15,17H,14,16H2,(H,27,28,29). The van der Waals surface area contributed by atoms with Crippen molar-refractivity contribution in [3.63, 3.8) is 0 Å². The Morgan fingerprint density at radius 3 is 2.52 bits per heavy atom. The van der Waals surface area contributed by atoms with Gasteiger partial charge in [0.1, 0.15) is 12.4 Å². The molecule has 2 heterocycles. The zero-order valence-corrected chi connectivity index (χ0v) is 17.6. The van der Waals surface area contributed by atoms with E-state index in [0.717, 1.165) is 29.0 Å². The predicted octanol–water partition coefficient (Wildman–Crippen LogP) is 5.92. The minimum absolute atomic E-state index is 0.161. The highest BCUT2D eigenvalue weighted by molar-refractivity contribution is 7.14. The number of aromatic nitrogens is 1. The normalized spacial score (nSPS) is 12.5. The monoisotopic (exact) mass is 424 g/mol. The van der Waals surface area contributed by atoms with Crippen LogP contribution in [-0.2, 0) is 6.42 Å². The number of para-hydroxylation sites is 1. The highest BCUT2D eigenvalue weighted by Crippen LogP contribution is 2.31. The molecule has 0 aliphatic carbocycles. The van der Waals surface area contributed by atoms with Crippen LogP contribution in [0.4, 0.5) is 5.13 Å². The number of fused-ring (bicyclic) bond motifs is 1. The molecule has 152 valence electrons. The first kappa shape index (κ1) is 19.3. The van der Waals surface area contributed by atoms with Gasteiger partial charge in [0, 0.05) is 22.1 Å². The third kappa shape index (κ3) is 4.42. The first-order chi connectivity index (χ1) is 15.2. The molecule has 1 amide bonds. The maximum Gasteiger partial charge on any atom is 0.257 e. The number of anilines is 1. The van der Waals surface area contributed by atoms with Crippen LogP contribution in [0.3, 0.4) is 0 Å². The summed E-state index contributed by atoms with van der Waals surface area (Å²) in [6, 6.07) is 25.9. The summed E-state index contributed by atoms with van der Waals surface area (Å²) in [5.41, 5.74) is 5.90. The quantitative estimate of drug-likeness (QED) is 0.433. The summed E-state index contributed by atoms with van der Waals surface area (Å²) < 4.78 is 5.81. The third-order valence-electron chi connectivity index (χ3n) is 5.15. The van der Waals surface area contributed by atoms with Crippen LogP contribution in [0.25, 0.3) is 11.6 Å². The van der Waals surface area contributed by atoms with Gasteiger partial charge in [-0.1, -0.05) is 60.7 Å². The molecule has 0 saturated carbocycles. The van der Waals surface area contributed by atoms with Crippen LogP contribution in [0, 0.1) is 0 Å². The maximum absolute atomic E-state index is 12.6. The summed E-state index contributed by atoms with van der Waals surface area (Å²) in [6.07, 6.45) is 2.93. The molecule has 4 aromatic rings. The fourth-order valence-electron chi connectivity index (χ4n) is 3.52. The molecule has 0 unspecified atom stereocenters. The van der Waals surface area contributed by atoms with E-state index in [2.05, 4.69) is 28.5 Å². The van der Waals surface area contributed by atoms with Crippen molar-refractivity contribution in [2.24, 2.45) is 0 Å². The van der Waals surface area contributed by atoms with Gasteiger partial charge in [-0.2, -0.15) is 0 Å². The van der Waals surface area contributed by atoms with Gasteiger partial charge < -0.3 is 4.74 Å². The highest BCUT2D eigenvalue weighted by Gasteiger charge is 2.16. The number of amides is 1. The molecule has 1 aromatic heterocycles. The molecule has 1 aliphatic rings. The Hall–Kier alpha value is -3.70. The SMILES string of the molecule is O=C(Nc1nc(C2=Cc3ccccc3OC2)cs1)c1ccc(Cc2ccccc2)cc1. The largest absolute Gasteiger partial charge is 0.488 e. The van der Waals surface area contributed by atoms with Gasteiger partial charge in [-0.15, -0.1) is 11.3 Å². The van der Waals surface area contributed by atoms with Crippen molar-refractivity contribution in [1.82, 2.24) is 4.98 Å². The molecule has 31 heavy (non-hydrogen) atoms. The lowest BCUT2D eigenvalue weighted by Gasteiger charge is -2.16. The lowest BCUT2D eigenvalue weighted by molar-refractivity contribution is 0.102. The van der Waals surface area contributed by atoms with E-state index in [0.29, 0.717) is 17.3 Å². The Morgan fingerprint density at radius 1 is 0.935 bits per heavy atom. The molecule has 0 radical (unpaired) electrons. The molecule has 0 spiro atoms. The van der Waals surface area contributed by atoms with Gasteiger partial charge in [0.2, 0.25) is 0 Å². The molecule has 0 saturated heterocycles. The van der Waals surface area contributed by atoms with Crippen LogP contribution < -0.4 is 10.1 Å². The molecule has 0 atom stereocenters. The number of carbonyl (C=O) groups excluding carboxylic acids is 1. The van der Waals surface area contributed by atoms with Crippen molar-refractivity contribution in [2.75, 3.05) is 11.9 Å². The molecule has 0 fully saturated rings. The molecular formula is C26H20N2O2S. The van der Waals surface area contributed by atoms with Crippen molar-refractivity contribution in [1.29, 1.82) is 0 Å². The average molecular weight is 425 g/mol. The van der Waals surface area contributed by atoms with Gasteiger partial charge >= 0.3 is 0 Å². The Bertz CT molecular complexity index is 1240. The van der Waals surface area contributed by atoms with E-state index in [-0.39, 0.29) is 5.91 Å². The molecular weight excluding hydrogens is 404 g/mol. The highest BCUT2D eigenvalue weighted by atomic mass is 32.1. The van der Waals surface area contributed by atoms with Crippen LogP contribution in [0.1, 0.15) is 32.7 Å². The van der Waals surface area contributed by atoms with Crippen molar-refractivity contribution in [2.45, 2.75) is 6.42 Å². The minimum Gasteiger partial charge on any atom is -0.488 e. The van der Waals surface area contributed by atoms with Gasteiger partial charge in [-0.3, -0.25) is 10.1 Å². The van der Waals surface area contributed by atoms with Crippen molar-refractivity contribution in [3.8, 4) is 5.75 Å². The van der Waals surface area contributed by atoms with Crippen LogP contribution >= 0.6 is 11.3 Å². The van der Waals surface area contributed by atoms with E-state index < -0.39 is 0 Å². The number of hydrogen-bond donors (Lipinski definition) is 1. The van der Waals surface area contributed by atoms with Crippen LogP contribution in [0.2, 0.25) is 0 Å². The topological polar surface area (TPSA) is 51.2 Å². The lowest BCUT2D eigenvalue weighted by atomic mass is 10.0. The van der Waals surface area contributed by atoms with E-state index >= 15 is 0 Å². The summed E-state index contributed by atoms with van der Waals surface area (Å²) in [6.45, 7) is 0.469. The number of carbonyl (C=O) groups is 1. The number of rotatable bonds is 5. The summed E-state index contributed by atoms with van der Waals surface area (Å²) >= 11 is 1.41. The Labute approximate surface area is 184 Å². The fourth-order valence-corrected chi connectivity index (χ4v) is 4.25. The predicted molar refractivity (Wildman–Crippen MR) is 126 cm³/mol. The minimum atomic E-state index is -0.161. The molecule has 3 aromatic carbocycles. The second-order valence-electron chi connectivity index (χ2n) is 7.35. The fraction of sp³-hybridized carbons (Fsp3) is 0.0769. The molecule has 0 bridgehead atoms. The molecule has 5 rings (SSSR count). The summed E-state index contributed by atoms with van der Waals surface area (Å²) in [7, 11) is 0. The van der Waals surface area contributed by atoms with Crippen molar-refractivity contribution in [3.05, 3.63) is 112 Å². The van der Waals surface area contributed by atoms with E-state index in [9.17, 15) is 4.79 Å². The maximum atomic E-state index is 12.6. The van der Waals surface area contributed by atoms with Crippen molar-refractivity contribution < 1.29 is 9.53 Å². The van der Waals surface area contributed by atoms with Gasteiger partial charge in [0.25, 0.3) is 5.91 Å². The smallest absolute Gasteiger partial charge is 0.257 e. The number of ether oxygens (including phenoxy) is 1. The summed E-state index contributed by atoms with van der Waals surface area (Å²) in [4.78, 5) is 17.2. The molecule has 1 N–H and O–H groups in total. The Kier molecular flexibility index (Phi) is 5.33. The van der Waals surface area contributed by atoms with E-state index in [1.54, 1.807) is 0 Å². The van der Waals surface area contributed by atoms with Crippen LogP contribution in [0.5, 0.6) is 5.75 Å². The first-order valence-electron chi connectivity index (χ1n) is 10.1. The first-order valence-corrected chi connectivity index (χ1v) is 10.9. The van der Waals surface area contributed by atoms with Gasteiger partial charge in [0.15, 0.2) is 5.13 Å². The number of benzene rings is 3. The van der Waals surface area contributed by atoms with E-state index in [1.807, 2.05) is 72.1 Å². The lowest BCUT2D eigenvalue weighted by Crippen LogP contribution is -2.12. The molecule has 4 nitrogen and oxygen atoms in total. The second kappa shape index (κ2) is 8.58. The average Bonchev–Trinajstić information content (AvgIpc) is 3.28. The number of nitrogens with zero attached hydrogens (tertiary/aromatic N) is 1. The number of thiazole rings is 1. The summed E-state index contributed by atoms with van der Waals surface area (Å²) in [5, 5.41) is 5.43.